The molecule has 4 heteroatoms. The number of unbranched alkanes of at least 4 members (excludes halogenated alkanes) is 7. The van der Waals surface area contributed by atoms with Crippen LogP contribution in [0, 0.1) is 11.8 Å². The summed E-state index contributed by atoms with van der Waals surface area (Å²) in [6.07, 6.45) is 19.8. The molecule has 4 nitrogen and oxygen atoms in total. The van der Waals surface area contributed by atoms with Crippen molar-refractivity contribution in [3.63, 3.8) is 0 Å². The largest absolute Gasteiger partial charge is 0.502 e. The van der Waals surface area contributed by atoms with Crippen molar-refractivity contribution >= 4 is 0 Å². The molecule has 0 spiro atoms. The van der Waals surface area contributed by atoms with Gasteiger partial charge in [0.05, 0.1) is 12.9 Å². The first-order valence-electron chi connectivity index (χ1n) is 13.7. The third-order valence-electron chi connectivity index (χ3n) is 6.28. The summed E-state index contributed by atoms with van der Waals surface area (Å²) >= 11 is 0. The van der Waals surface area contributed by atoms with Gasteiger partial charge in [-0.1, -0.05) is 84.1 Å². The lowest BCUT2D eigenvalue weighted by atomic mass is 9.91. The van der Waals surface area contributed by atoms with Crippen LogP contribution in [0.15, 0.2) is 12.3 Å². The molecule has 0 aromatic heterocycles. The normalized spacial score (nSPS) is 14.2. The van der Waals surface area contributed by atoms with Gasteiger partial charge in [-0.3, -0.25) is 0 Å². The predicted molar refractivity (Wildman–Crippen MR) is 137 cm³/mol. The molecule has 0 aromatic carbocycles. The van der Waals surface area contributed by atoms with Crippen molar-refractivity contribution in [2.75, 3.05) is 26.4 Å². The number of allylic oxidation sites excluding steroid dienone is 1. The van der Waals surface area contributed by atoms with Gasteiger partial charge in [0.2, 0.25) is 0 Å². The van der Waals surface area contributed by atoms with Gasteiger partial charge in [0.1, 0.15) is 0 Å². The molecule has 0 heterocycles. The standard InChI is InChI=1S/C28H56O4/c1-7-24-29-25-20-15-13-12-14-18-22-27(23-19-16-17-21-26(6)8-2)28(30-9-3,31-10-4)32-11-5/h7,24,26-27H,8-23,25H2,1-6H3. The number of hydrogen-bond acceptors (Lipinski definition) is 4. The first kappa shape index (κ1) is 31.4. The summed E-state index contributed by atoms with van der Waals surface area (Å²) in [5, 5.41) is 0. The summed E-state index contributed by atoms with van der Waals surface area (Å²) in [7, 11) is 0. The van der Waals surface area contributed by atoms with E-state index in [1.54, 1.807) is 6.26 Å². The highest BCUT2D eigenvalue weighted by Gasteiger charge is 2.41. The molecule has 2 atom stereocenters. The first-order valence-corrected chi connectivity index (χ1v) is 13.7. The number of hydrogen-bond donors (Lipinski definition) is 0. The van der Waals surface area contributed by atoms with Gasteiger partial charge in [0.25, 0.3) is 5.97 Å². The van der Waals surface area contributed by atoms with Gasteiger partial charge < -0.3 is 18.9 Å². The summed E-state index contributed by atoms with van der Waals surface area (Å²) in [5.41, 5.74) is 0. The van der Waals surface area contributed by atoms with Crippen LogP contribution in [0.2, 0.25) is 0 Å². The SMILES string of the molecule is CC=COCCCCCCCCC(CCCCCC(C)CC)C(OCC)(OCC)OCC. The van der Waals surface area contributed by atoms with Gasteiger partial charge in [-0.15, -0.1) is 0 Å². The Kier molecular flexibility index (Phi) is 21.8. The van der Waals surface area contributed by atoms with Crippen LogP contribution in [0.1, 0.15) is 125 Å². The van der Waals surface area contributed by atoms with Crippen LogP contribution in [0.25, 0.3) is 0 Å². The van der Waals surface area contributed by atoms with Gasteiger partial charge in [-0.25, -0.2) is 0 Å². The molecule has 0 amide bonds. The van der Waals surface area contributed by atoms with Gasteiger partial charge in [0.15, 0.2) is 0 Å². The Bertz CT molecular complexity index is 393. The quantitative estimate of drug-likeness (QED) is 0.0827. The average Bonchev–Trinajstić information content (AvgIpc) is 2.78. The third kappa shape index (κ3) is 15.3. The fourth-order valence-electron chi connectivity index (χ4n) is 4.29. The second-order valence-corrected chi connectivity index (χ2v) is 9.00. The molecule has 0 bridgehead atoms. The molecule has 0 saturated carbocycles. The van der Waals surface area contributed by atoms with Crippen LogP contribution in [0.4, 0.5) is 0 Å². The molecule has 0 saturated heterocycles. The van der Waals surface area contributed by atoms with E-state index in [2.05, 4.69) is 13.8 Å². The van der Waals surface area contributed by atoms with Crippen molar-refractivity contribution in [2.45, 2.75) is 131 Å². The van der Waals surface area contributed by atoms with Crippen LogP contribution < -0.4 is 0 Å². The summed E-state index contributed by atoms with van der Waals surface area (Å²) in [4.78, 5) is 0. The van der Waals surface area contributed by atoms with E-state index in [1.807, 2.05) is 33.8 Å². The van der Waals surface area contributed by atoms with Gasteiger partial charge in [-0.05, 0) is 52.9 Å². The van der Waals surface area contributed by atoms with E-state index in [4.69, 9.17) is 18.9 Å². The maximum Gasteiger partial charge on any atom is 0.285 e. The zero-order valence-electron chi connectivity index (χ0n) is 22.5. The molecule has 2 unspecified atom stereocenters. The summed E-state index contributed by atoms with van der Waals surface area (Å²) in [5.74, 6) is 0.258. The van der Waals surface area contributed by atoms with E-state index in [0.29, 0.717) is 25.7 Å². The van der Waals surface area contributed by atoms with Crippen LogP contribution >= 0.6 is 0 Å². The molecule has 0 aliphatic rings. The predicted octanol–water partition coefficient (Wildman–Crippen LogP) is 8.64. The molecule has 0 radical (unpaired) electrons. The molecule has 0 aromatic rings. The van der Waals surface area contributed by atoms with Crippen LogP contribution in [-0.2, 0) is 18.9 Å². The highest BCUT2D eigenvalue weighted by Crippen LogP contribution is 2.34. The fraction of sp³-hybridized carbons (Fsp3) is 0.929. The van der Waals surface area contributed by atoms with Crippen molar-refractivity contribution in [1.29, 1.82) is 0 Å². The van der Waals surface area contributed by atoms with E-state index in [-0.39, 0.29) is 0 Å². The lowest BCUT2D eigenvalue weighted by Crippen LogP contribution is -2.46. The van der Waals surface area contributed by atoms with Crippen LogP contribution in [-0.4, -0.2) is 32.4 Å². The molecule has 192 valence electrons. The summed E-state index contributed by atoms with van der Waals surface area (Å²) in [6.45, 7) is 15.4. The van der Waals surface area contributed by atoms with E-state index in [1.165, 1.54) is 64.2 Å². The summed E-state index contributed by atoms with van der Waals surface area (Å²) < 4.78 is 23.9. The van der Waals surface area contributed by atoms with Crippen LogP contribution in [0.3, 0.4) is 0 Å². The zero-order valence-corrected chi connectivity index (χ0v) is 22.5. The van der Waals surface area contributed by atoms with Crippen molar-refractivity contribution in [2.24, 2.45) is 11.8 Å². The Labute approximate surface area is 200 Å². The Morgan fingerprint density at radius 2 is 1.12 bits per heavy atom. The zero-order chi connectivity index (χ0) is 23.9. The molecule has 0 aliphatic heterocycles. The number of ether oxygens (including phenoxy) is 4. The molecular weight excluding hydrogens is 400 g/mol. The molecule has 0 fully saturated rings. The fourth-order valence-corrected chi connectivity index (χ4v) is 4.29. The second-order valence-electron chi connectivity index (χ2n) is 9.00. The molecule has 0 rings (SSSR count). The highest BCUT2D eigenvalue weighted by molar-refractivity contribution is 4.73. The maximum absolute atomic E-state index is 6.16. The minimum absolute atomic E-state index is 0.292. The van der Waals surface area contributed by atoms with Crippen molar-refractivity contribution < 1.29 is 18.9 Å². The van der Waals surface area contributed by atoms with E-state index >= 15 is 0 Å². The van der Waals surface area contributed by atoms with Gasteiger partial charge in [0, 0.05) is 25.7 Å². The Balaban J connectivity index is 4.59. The van der Waals surface area contributed by atoms with E-state index in [9.17, 15) is 0 Å². The van der Waals surface area contributed by atoms with Gasteiger partial charge in [-0.2, -0.15) is 0 Å². The van der Waals surface area contributed by atoms with Crippen LogP contribution in [0.5, 0.6) is 0 Å². The minimum Gasteiger partial charge on any atom is -0.502 e. The first-order chi connectivity index (χ1) is 15.6. The summed E-state index contributed by atoms with van der Waals surface area (Å²) in [6, 6.07) is 0. The highest BCUT2D eigenvalue weighted by atomic mass is 16.9. The van der Waals surface area contributed by atoms with Crippen molar-refractivity contribution in [3.05, 3.63) is 12.3 Å². The Morgan fingerprint density at radius 1 is 0.656 bits per heavy atom. The smallest absolute Gasteiger partial charge is 0.285 e. The minimum atomic E-state index is -0.876. The monoisotopic (exact) mass is 456 g/mol. The van der Waals surface area contributed by atoms with Crippen molar-refractivity contribution in [3.8, 4) is 0 Å². The van der Waals surface area contributed by atoms with Crippen molar-refractivity contribution in [1.82, 2.24) is 0 Å². The second kappa shape index (κ2) is 22.2. The van der Waals surface area contributed by atoms with Gasteiger partial charge >= 0.3 is 0 Å². The van der Waals surface area contributed by atoms with E-state index < -0.39 is 5.97 Å². The third-order valence-corrected chi connectivity index (χ3v) is 6.28. The number of rotatable bonds is 24. The molecular formula is C28H56O4. The molecule has 0 aliphatic carbocycles. The Hall–Kier alpha value is -0.580. The van der Waals surface area contributed by atoms with E-state index in [0.717, 1.165) is 31.8 Å². The Morgan fingerprint density at radius 3 is 1.62 bits per heavy atom. The average molecular weight is 457 g/mol. The molecule has 32 heavy (non-hydrogen) atoms. The topological polar surface area (TPSA) is 36.9 Å². The lowest BCUT2D eigenvalue weighted by Gasteiger charge is -2.39. The lowest BCUT2D eigenvalue weighted by molar-refractivity contribution is -0.403. The maximum atomic E-state index is 6.16. The molecule has 0 N–H and O–H groups in total.